The Morgan fingerprint density at radius 2 is 1.28 bits per heavy atom. The van der Waals surface area contributed by atoms with E-state index < -0.39 is 59.6 Å². The van der Waals surface area contributed by atoms with Crippen LogP contribution in [0.5, 0.6) is 17.2 Å². The molecule has 1 heterocycles. The van der Waals surface area contributed by atoms with Crippen LogP contribution in [0.4, 0.5) is 0 Å². The molecule has 0 fully saturated rings. The Labute approximate surface area is 179 Å². The Hall–Kier alpha value is -3.22. The van der Waals surface area contributed by atoms with Crippen molar-refractivity contribution in [1.82, 2.24) is 0 Å². The third-order valence-electron chi connectivity index (χ3n) is 3.51. The molecule has 0 amide bonds. The van der Waals surface area contributed by atoms with E-state index in [-0.39, 0.29) is 16.5 Å². The van der Waals surface area contributed by atoms with Gasteiger partial charge in [-0.2, -0.15) is 25.3 Å². The molecule has 0 radical (unpaired) electrons. The van der Waals surface area contributed by atoms with Gasteiger partial charge in [0.1, 0.15) is 17.1 Å². The summed E-state index contributed by atoms with van der Waals surface area (Å²) in [7, 11) is -15.1. The molecule has 0 aliphatic heterocycles. The second kappa shape index (κ2) is 8.04. The molecule has 3 aromatic rings. The maximum Gasteiger partial charge on any atom is 0.446 e. The average molecular weight is 510 g/mol. The maximum absolute atomic E-state index is 12.8. The predicted octanol–water partition coefficient (Wildman–Crippen LogP) is 1.00. The average Bonchev–Trinajstić information content (AvgIpc) is 2.60. The van der Waals surface area contributed by atoms with Crippen molar-refractivity contribution in [2.24, 2.45) is 0 Å². The fourth-order valence-corrected chi connectivity index (χ4v) is 3.57. The van der Waals surface area contributed by atoms with E-state index in [2.05, 4.69) is 12.5 Å². The van der Waals surface area contributed by atoms with Crippen molar-refractivity contribution in [3.63, 3.8) is 0 Å². The van der Waals surface area contributed by atoms with Crippen LogP contribution in [0.25, 0.3) is 22.3 Å². The van der Waals surface area contributed by atoms with Gasteiger partial charge in [-0.15, -0.1) is 0 Å². The number of hydrogen-bond acceptors (Lipinski definition) is 11. The third-order valence-corrected chi connectivity index (χ3v) is 4.69. The summed E-state index contributed by atoms with van der Waals surface area (Å²) in [6, 6.07) is 7.12. The number of rotatable bonds is 7. The standard InChI is InChI=1S/C15H10O14S3/c16-13-11-5-4-10(28-31(20,21)22)7-12(11)26-14(15(13)29-32(23,24)25)8-2-1-3-9(6-8)27-30(17,18)19/h1-7H,(H,17,18,19)(H,20,21,22)(H,23,24,25). The van der Waals surface area contributed by atoms with E-state index >= 15 is 0 Å². The van der Waals surface area contributed by atoms with Gasteiger partial charge in [-0.3, -0.25) is 18.5 Å². The quantitative estimate of drug-likeness (QED) is 0.377. The Morgan fingerprint density at radius 3 is 1.84 bits per heavy atom. The van der Waals surface area contributed by atoms with Gasteiger partial charge in [0.15, 0.2) is 5.76 Å². The highest BCUT2D eigenvalue weighted by atomic mass is 32.3. The van der Waals surface area contributed by atoms with E-state index in [4.69, 9.17) is 18.1 Å². The molecule has 172 valence electrons. The van der Waals surface area contributed by atoms with E-state index in [1.807, 2.05) is 0 Å². The zero-order valence-corrected chi connectivity index (χ0v) is 17.5. The second-order valence-electron chi connectivity index (χ2n) is 5.81. The lowest BCUT2D eigenvalue weighted by molar-refractivity contribution is 0.379. The molecule has 3 rings (SSSR count). The molecule has 0 unspecified atom stereocenters. The van der Waals surface area contributed by atoms with Crippen LogP contribution in [-0.2, 0) is 31.2 Å². The van der Waals surface area contributed by atoms with Gasteiger partial charge in [0.05, 0.1) is 5.39 Å². The molecule has 0 saturated carbocycles. The van der Waals surface area contributed by atoms with E-state index in [1.165, 1.54) is 12.1 Å². The summed E-state index contributed by atoms with van der Waals surface area (Å²) in [4.78, 5) is 12.8. The Morgan fingerprint density at radius 1 is 0.719 bits per heavy atom. The van der Waals surface area contributed by atoms with Gasteiger partial charge in [0.25, 0.3) is 0 Å². The van der Waals surface area contributed by atoms with Crippen LogP contribution in [0.3, 0.4) is 0 Å². The normalized spacial score (nSPS) is 12.5. The summed E-state index contributed by atoms with van der Waals surface area (Å²) in [6.45, 7) is 0. The molecule has 3 N–H and O–H groups in total. The largest absolute Gasteiger partial charge is 0.452 e. The van der Waals surface area contributed by atoms with Crippen LogP contribution >= 0.6 is 0 Å². The lowest BCUT2D eigenvalue weighted by atomic mass is 10.1. The minimum Gasteiger partial charge on any atom is -0.452 e. The molecule has 0 bridgehead atoms. The lowest BCUT2D eigenvalue weighted by Gasteiger charge is -2.11. The monoisotopic (exact) mass is 510 g/mol. The van der Waals surface area contributed by atoms with Gasteiger partial charge in [-0.1, -0.05) is 12.1 Å². The van der Waals surface area contributed by atoms with Gasteiger partial charge < -0.3 is 17.0 Å². The molecule has 0 aliphatic carbocycles. The van der Waals surface area contributed by atoms with Crippen molar-refractivity contribution in [3.8, 4) is 28.6 Å². The van der Waals surface area contributed by atoms with Crippen molar-refractivity contribution in [1.29, 1.82) is 0 Å². The first-order valence-corrected chi connectivity index (χ1v) is 11.9. The Bertz CT molecular complexity index is 1580. The molecule has 0 spiro atoms. The van der Waals surface area contributed by atoms with E-state index in [1.54, 1.807) is 0 Å². The van der Waals surface area contributed by atoms with Gasteiger partial charge in [0.2, 0.25) is 11.2 Å². The van der Waals surface area contributed by atoms with Crippen LogP contribution in [0.15, 0.2) is 51.7 Å². The van der Waals surface area contributed by atoms with Gasteiger partial charge in [-0.25, -0.2) is 0 Å². The molecule has 2 aromatic carbocycles. The summed E-state index contributed by atoms with van der Waals surface area (Å²) in [5.41, 5.74) is -1.74. The number of hydrogen-bond donors (Lipinski definition) is 3. The zero-order chi connectivity index (χ0) is 23.9. The first kappa shape index (κ1) is 23.4. The summed E-state index contributed by atoms with van der Waals surface area (Å²) < 4.78 is 111. The fraction of sp³-hybridized carbons (Fsp3) is 0. The van der Waals surface area contributed by atoms with Gasteiger partial charge in [-0.05, 0) is 24.3 Å². The first-order chi connectivity index (χ1) is 14.6. The van der Waals surface area contributed by atoms with Crippen LogP contribution < -0.4 is 18.0 Å². The smallest absolute Gasteiger partial charge is 0.446 e. The third kappa shape index (κ3) is 5.93. The maximum atomic E-state index is 12.8. The van der Waals surface area contributed by atoms with Crippen LogP contribution in [0.1, 0.15) is 0 Å². The first-order valence-electron chi connectivity index (χ1n) is 7.83. The van der Waals surface area contributed by atoms with Crippen LogP contribution in [0, 0.1) is 0 Å². The number of benzene rings is 2. The van der Waals surface area contributed by atoms with Gasteiger partial charge in [0, 0.05) is 11.6 Å². The lowest BCUT2D eigenvalue weighted by Crippen LogP contribution is -2.15. The van der Waals surface area contributed by atoms with Crippen molar-refractivity contribution < 1.29 is 55.9 Å². The molecule has 32 heavy (non-hydrogen) atoms. The summed E-state index contributed by atoms with van der Waals surface area (Å²) in [6.07, 6.45) is 0. The SMILES string of the molecule is O=c1c(OS(=O)(=O)O)c(-c2cccc(OS(=O)(=O)O)c2)oc2cc(OS(=O)(=O)O)ccc12. The van der Waals surface area contributed by atoms with Crippen molar-refractivity contribution in [2.75, 3.05) is 0 Å². The molecular weight excluding hydrogens is 500 g/mol. The topological polar surface area (TPSA) is 221 Å². The van der Waals surface area contributed by atoms with Gasteiger partial charge >= 0.3 is 31.2 Å². The predicted molar refractivity (Wildman–Crippen MR) is 104 cm³/mol. The fourth-order valence-electron chi connectivity index (χ4n) is 2.51. The van der Waals surface area contributed by atoms with Crippen LogP contribution in [0.2, 0.25) is 0 Å². The second-order valence-corrected chi connectivity index (χ2v) is 8.87. The minimum absolute atomic E-state index is 0.218. The zero-order valence-electron chi connectivity index (χ0n) is 15.1. The highest BCUT2D eigenvalue weighted by Gasteiger charge is 2.23. The molecule has 17 heteroatoms. The summed E-state index contributed by atoms with van der Waals surface area (Å²) >= 11 is 0. The van der Waals surface area contributed by atoms with Crippen molar-refractivity contribution in [3.05, 3.63) is 52.7 Å². The summed E-state index contributed by atoms with van der Waals surface area (Å²) in [5.74, 6) is -2.66. The van der Waals surface area contributed by atoms with E-state index in [0.717, 1.165) is 30.3 Å². The van der Waals surface area contributed by atoms with Crippen molar-refractivity contribution >= 4 is 42.2 Å². The Kier molecular flexibility index (Phi) is 5.89. The minimum atomic E-state index is -5.23. The Balaban J connectivity index is 2.30. The molecule has 1 aromatic heterocycles. The van der Waals surface area contributed by atoms with Crippen LogP contribution in [-0.4, -0.2) is 38.9 Å². The highest BCUT2D eigenvalue weighted by Crippen LogP contribution is 2.34. The molecule has 0 atom stereocenters. The van der Waals surface area contributed by atoms with E-state index in [0.29, 0.717) is 0 Å². The van der Waals surface area contributed by atoms with Crippen molar-refractivity contribution in [2.45, 2.75) is 0 Å². The number of fused-ring (bicyclic) bond motifs is 1. The molecule has 0 aliphatic rings. The highest BCUT2D eigenvalue weighted by molar-refractivity contribution is 7.81. The summed E-state index contributed by atoms with van der Waals surface area (Å²) in [5, 5.41) is -0.347. The molecule has 0 saturated heterocycles. The molecule has 14 nitrogen and oxygen atoms in total. The molecular formula is C15H10O14S3. The van der Waals surface area contributed by atoms with E-state index in [9.17, 15) is 30.0 Å².